The van der Waals surface area contributed by atoms with Gasteiger partial charge in [-0.15, -0.1) is 11.8 Å². The number of thiazole rings is 1. The largest absolute Gasteiger partial charge is 0.307 e. The van der Waals surface area contributed by atoms with Gasteiger partial charge in [-0.1, -0.05) is 30.6 Å². The molecule has 4 aliphatic rings. The Bertz CT molecular complexity index is 598. The van der Waals surface area contributed by atoms with E-state index in [-0.39, 0.29) is 4.87 Å². The van der Waals surface area contributed by atoms with Crippen molar-refractivity contribution in [3.63, 3.8) is 0 Å². The average molecular weight is 307 g/mol. The first-order valence-electron chi connectivity index (χ1n) is 8.18. The van der Waals surface area contributed by atoms with Crippen LogP contribution in [0.25, 0.3) is 0 Å². The molecule has 108 valence electrons. The molecule has 0 amide bonds. The number of fused-ring (bicyclic) bond motifs is 8. The van der Waals surface area contributed by atoms with E-state index >= 15 is 0 Å². The number of rotatable bonds is 0. The molecule has 2 bridgehead atoms. The standard InChI is InChI=1S/C16H21NOS2/c18-15-17-14-13(20-15)16(6-2-1-3-7-16)11-9-4-5-10(8-9)12(11)19-14/h9-12H,1-8H2,(H,17,18)/t9?,10?,11?,12-/m1/s1. The third kappa shape index (κ3) is 1.45. The van der Waals surface area contributed by atoms with E-state index in [1.165, 1.54) is 72.6 Å². The Morgan fingerprint density at radius 1 is 1.10 bits per heavy atom. The van der Waals surface area contributed by atoms with Crippen LogP contribution in [0.2, 0.25) is 0 Å². The topological polar surface area (TPSA) is 32.9 Å². The molecule has 2 nitrogen and oxygen atoms in total. The molecule has 0 radical (unpaired) electrons. The normalized spacial score (nSPS) is 40.8. The summed E-state index contributed by atoms with van der Waals surface area (Å²) in [5.74, 6) is 2.77. The van der Waals surface area contributed by atoms with Gasteiger partial charge >= 0.3 is 4.87 Å². The van der Waals surface area contributed by atoms with Crippen molar-refractivity contribution < 1.29 is 0 Å². The van der Waals surface area contributed by atoms with Crippen molar-refractivity contribution in [3.8, 4) is 0 Å². The number of aromatic amines is 1. The fraction of sp³-hybridized carbons (Fsp3) is 0.812. The number of aromatic nitrogens is 1. The van der Waals surface area contributed by atoms with Gasteiger partial charge in [-0.3, -0.25) is 4.79 Å². The summed E-state index contributed by atoms with van der Waals surface area (Å²) in [7, 11) is 0. The molecule has 20 heavy (non-hydrogen) atoms. The molecule has 1 N–H and O–H groups in total. The maximum absolute atomic E-state index is 11.9. The second-order valence-corrected chi connectivity index (χ2v) is 9.50. The summed E-state index contributed by atoms with van der Waals surface area (Å²) in [5, 5.41) is 2.07. The third-order valence-corrected chi connectivity index (χ3v) is 9.27. The molecule has 0 saturated heterocycles. The van der Waals surface area contributed by atoms with Crippen LogP contribution in [-0.4, -0.2) is 10.2 Å². The Kier molecular flexibility index (Phi) is 2.57. The Hall–Kier alpha value is -0.220. The first kappa shape index (κ1) is 12.3. The minimum Gasteiger partial charge on any atom is -0.307 e. The van der Waals surface area contributed by atoms with E-state index in [0.717, 1.165) is 23.0 Å². The molecule has 3 fully saturated rings. The molecule has 5 rings (SSSR count). The molecule has 1 spiro atoms. The number of H-pyrrole nitrogens is 1. The van der Waals surface area contributed by atoms with Gasteiger partial charge in [0.25, 0.3) is 0 Å². The minimum atomic E-state index is 0.180. The molecule has 0 aromatic carbocycles. The van der Waals surface area contributed by atoms with Gasteiger partial charge in [0.1, 0.15) is 0 Å². The van der Waals surface area contributed by atoms with Crippen LogP contribution in [0, 0.1) is 17.8 Å². The van der Waals surface area contributed by atoms with Gasteiger partial charge in [0.2, 0.25) is 0 Å². The first-order valence-corrected chi connectivity index (χ1v) is 9.88. The predicted molar refractivity (Wildman–Crippen MR) is 83.7 cm³/mol. The second-order valence-electron chi connectivity index (χ2n) is 7.33. The van der Waals surface area contributed by atoms with Crippen molar-refractivity contribution in [2.24, 2.45) is 17.8 Å². The lowest BCUT2D eigenvalue weighted by Crippen LogP contribution is -2.47. The van der Waals surface area contributed by atoms with E-state index in [4.69, 9.17) is 0 Å². The van der Waals surface area contributed by atoms with Crippen LogP contribution in [0.3, 0.4) is 0 Å². The predicted octanol–water partition coefficient (Wildman–Crippen LogP) is 4.16. The fourth-order valence-corrected chi connectivity index (χ4v) is 9.09. The van der Waals surface area contributed by atoms with Crippen molar-refractivity contribution >= 4 is 23.1 Å². The third-order valence-electron chi connectivity index (χ3n) is 6.55. The highest BCUT2D eigenvalue weighted by molar-refractivity contribution is 8.00. The van der Waals surface area contributed by atoms with Gasteiger partial charge in [0.05, 0.1) is 5.03 Å². The summed E-state index contributed by atoms with van der Waals surface area (Å²) in [6.07, 6.45) is 11.2. The highest BCUT2D eigenvalue weighted by atomic mass is 32.2. The van der Waals surface area contributed by atoms with Crippen molar-refractivity contribution in [2.45, 2.75) is 67.1 Å². The molecule has 2 heterocycles. The van der Waals surface area contributed by atoms with Crippen LogP contribution < -0.4 is 4.87 Å². The number of thioether (sulfide) groups is 1. The molecular formula is C16H21NOS2. The molecule has 1 aromatic heterocycles. The van der Waals surface area contributed by atoms with E-state index in [1.807, 2.05) is 11.8 Å². The van der Waals surface area contributed by atoms with Crippen LogP contribution in [0.4, 0.5) is 0 Å². The Balaban J connectivity index is 1.70. The van der Waals surface area contributed by atoms with E-state index in [1.54, 1.807) is 0 Å². The van der Waals surface area contributed by atoms with E-state index < -0.39 is 0 Å². The van der Waals surface area contributed by atoms with Crippen LogP contribution in [-0.2, 0) is 5.41 Å². The van der Waals surface area contributed by atoms with E-state index in [0.29, 0.717) is 5.41 Å². The Labute approximate surface area is 127 Å². The van der Waals surface area contributed by atoms with Gasteiger partial charge in [-0.2, -0.15) is 0 Å². The number of hydrogen-bond acceptors (Lipinski definition) is 3. The van der Waals surface area contributed by atoms with Crippen LogP contribution >= 0.6 is 23.1 Å². The lowest BCUT2D eigenvalue weighted by molar-refractivity contribution is 0.135. The molecule has 3 unspecified atom stereocenters. The smallest absolute Gasteiger partial charge is 0.305 e. The van der Waals surface area contributed by atoms with Gasteiger partial charge < -0.3 is 4.98 Å². The van der Waals surface area contributed by atoms with Crippen molar-refractivity contribution in [1.29, 1.82) is 0 Å². The van der Waals surface area contributed by atoms with Gasteiger partial charge in [-0.05, 0) is 49.9 Å². The zero-order valence-corrected chi connectivity index (χ0v) is 13.3. The number of hydrogen-bond donors (Lipinski definition) is 1. The minimum absolute atomic E-state index is 0.180. The zero-order valence-electron chi connectivity index (χ0n) is 11.7. The molecule has 3 aliphatic carbocycles. The molecule has 1 aliphatic heterocycles. The quantitative estimate of drug-likeness (QED) is 0.780. The van der Waals surface area contributed by atoms with Gasteiger partial charge in [0, 0.05) is 15.5 Å². The zero-order chi connectivity index (χ0) is 13.3. The molecule has 4 heteroatoms. The van der Waals surface area contributed by atoms with Crippen molar-refractivity contribution in [1.82, 2.24) is 4.98 Å². The van der Waals surface area contributed by atoms with E-state index in [9.17, 15) is 4.79 Å². The SMILES string of the molecule is O=c1[nH]c2c(s1)C1(CCCCC1)C1C3CCC(C3)[C@H]1S2. The molecule has 3 saturated carbocycles. The van der Waals surface area contributed by atoms with Crippen molar-refractivity contribution in [3.05, 3.63) is 14.5 Å². The summed E-state index contributed by atoms with van der Waals surface area (Å²) in [6, 6.07) is 0. The highest BCUT2D eigenvalue weighted by Crippen LogP contribution is 2.67. The highest BCUT2D eigenvalue weighted by Gasteiger charge is 2.60. The lowest BCUT2D eigenvalue weighted by atomic mass is 9.60. The summed E-state index contributed by atoms with van der Waals surface area (Å²) in [5.41, 5.74) is 0.382. The van der Waals surface area contributed by atoms with Crippen molar-refractivity contribution in [2.75, 3.05) is 0 Å². The summed E-state index contributed by atoms with van der Waals surface area (Å²) < 4.78 is 0. The Morgan fingerprint density at radius 3 is 2.75 bits per heavy atom. The van der Waals surface area contributed by atoms with Crippen LogP contribution in [0.15, 0.2) is 9.82 Å². The molecule has 1 aromatic rings. The summed E-state index contributed by atoms with van der Waals surface area (Å²) in [6.45, 7) is 0. The maximum Gasteiger partial charge on any atom is 0.305 e. The average Bonchev–Trinajstić information content (AvgIpc) is 3.14. The monoisotopic (exact) mass is 307 g/mol. The maximum atomic E-state index is 11.9. The fourth-order valence-electron chi connectivity index (χ4n) is 5.93. The Morgan fingerprint density at radius 2 is 1.90 bits per heavy atom. The summed E-state index contributed by atoms with van der Waals surface area (Å²) >= 11 is 3.57. The van der Waals surface area contributed by atoms with Gasteiger partial charge in [0.15, 0.2) is 0 Å². The number of nitrogens with one attached hydrogen (secondary N) is 1. The molecular weight excluding hydrogens is 286 g/mol. The first-order chi connectivity index (χ1) is 9.78. The van der Waals surface area contributed by atoms with E-state index in [2.05, 4.69) is 4.98 Å². The lowest BCUT2D eigenvalue weighted by Gasteiger charge is -2.51. The summed E-state index contributed by atoms with van der Waals surface area (Å²) in [4.78, 5) is 16.7. The second kappa shape index (κ2) is 4.16. The van der Waals surface area contributed by atoms with Gasteiger partial charge in [-0.25, -0.2) is 0 Å². The van der Waals surface area contributed by atoms with Crippen LogP contribution in [0.1, 0.15) is 56.2 Å². The molecule has 4 atom stereocenters. The van der Waals surface area contributed by atoms with Crippen LogP contribution in [0.5, 0.6) is 0 Å².